The molecule has 3 amide bonds. The van der Waals surface area contributed by atoms with Gasteiger partial charge in [-0.25, -0.2) is 4.79 Å². The summed E-state index contributed by atoms with van der Waals surface area (Å²) in [6, 6.07) is 0. The minimum Gasteiger partial charge on any atom is -0.443 e. The number of hydrogen-bond donors (Lipinski definition) is 0. The Morgan fingerprint density at radius 3 is 2.27 bits per heavy atom. The first-order valence-electron chi connectivity index (χ1n) is 4.21. The number of hydrogen-bond acceptors (Lipinski definition) is 4. The molecule has 0 aromatic carbocycles. The van der Waals surface area contributed by atoms with Crippen molar-refractivity contribution in [3.63, 3.8) is 0 Å². The maximum absolute atomic E-state index is 11.4. The predicted molar refractivity (Wildman–Crippen MR) is 55.1 cm³/mol. The smallest absolute Gasteiger partial charge is 0.424 e. The van der Waals surface area contributed by atoms with Gasteiger partial charge in [0.25, 0.3) is 11.8 Å². The van der Waals surface area contributed by atoms with E-state index in [1.807, 2.05) is 0 Å². The molecule has 0 atom stereocenters. The first-order chi connectivity index (χ1) is 6.72. The third-order valence-corrected chi connectivity index (χ3v) is 2.02. The molecule has 0 bridgehead atoms. The minimum atomic E-state index is -0.955. The Morgan fingerprint density at radius 2 is 1.93 bits per heavy atom. The van der Waals surface area contributed by atoms with E-state index < -0.39 is 23.5 Å². The SMILES string of the molecule is CC(C)(C)OC(=O)N1C(=O)C=C(Br)C1=O. The number of imide groups is 3. The van der Waals surface area contributed by atoms with Crippen LogP contribution in [0.5, 0.6) is 0 Å². The third-order valence-electron chi connectivity index (χ3n) is 1.45. The fraction of sp³-hybridized carbons (Fsp3) is 0.444. The Labute approximate surface area is 95.2 Å². The topological polar surface area (TPSA) is 63.7 Å². The zero-order chi connectivity index (χ0) is 11.8. The van der Waals surface area contributed by atoms with Gasteiger partial charge in [0.05, 0.1) is 4.48 Å². The fourth-order valence-corrected chi connectivity index (χ4v) is 1.30. The van der Waals surface area contributed by atoms with Crippen molar-refractivity contribution in [1.82, 2.24) is 4.90 Å². The Bertz CT molecular complexity index is 367. The maximum atomic E-state index is 11.4. The Kier molecular flexibility index (Phi) is 2.99. The predicted octanol–water partition coefficient (Wildman–Crippen LogP) is 1.57. The highest BCUT2D eigenvalue weighted by molar-refractivity contribution is 9.12. The van der Waals surface area contributed by atoms with E-state index in [-0.39, 0.29) is 4.48 Å². The summed E-state index contributed by atoms with van der Waals surface area (Å²) in [4.78, 5) is 34.4. The number of nitrogens with zero attached hydrogens (tertiary/aromatic N) is 1. The van der Waals surface area contributed by atoms with Crippen molar-refractivity contribution in [2.75, 3.05) is 0 Å². The number of carbonyl (C=O) groups is 3. The van der Waals surface area contributed by atoms with E-state index in [1.165, 1.54) is 0 Å². The van der Waals surface area contributed by atoms with Gasteiger partial charge >= 0.3 is 6.09 Å². The van der Waals surface area contributed by atoms with Gasteiger partial charge in [-0.1, -0.05) is 0 Å². The van der Waals surface area contributed by atoms with E-state index in [0.29, 0.717) is 4.90 Å². The molecule has 1 aliphatic heterocycles. The summed E-state index contributed by atoms with van der Waals surface area (Å²) in [5.74, 6) is -1.39. The zero-order valence-electron chi connectivity index (χ0n) is 8.54. The van der Waals surface area contributed by atoms with Gasteiger partial charge < -0.3 is 4.74 Å². The minimum absolute atomic E-state index is 0.0540. The molecule has 0 aromatic heterocycles. The summed E-state index contributed by atoms with van der Waals surface area (Å²) in [6.45, 7) is 4.95. The normalized spacial score (nSPS) is 16.8. The molecule has 5 nitrogen and oxygen atoms in total. The average Bonchev–Trinajstić information content (AvgIpc) is 2.22. The van der Waals surface area contributed by atoms with Crippen molar-refractivity contribution < 1.29 is 19.1 Å². The summed E-state index contributed by atoms with van der Waals surface area (Å²) in [7, 11) is 0. The molecular weight excluding hydrogens is 266 g/mol. The molecule has 6 heteroatoms. The average molecular weight is 276 g/mol. The van der Waals surface area contributed by atoms with Gasteiger partial charge in [-0.2, -0.15) is 4.90 Å². The molecule has 0 spiro atoms. The molecule has 15 heavy (non-hydrogen) atoms. The second-order valence-electron chi connectivity index (χ2n) is 3.95. The number of carbonyl (C=O) groups excluding carboxylic acids is 3. The van der Waals surface area contributed by atoms with Crippen molar-refractivity contribution in [2.24, 2.45) is 0 Å². The molecule has 1 heterocycles. The lowest BCUT2D eigenvalue weighted by Crippen LogP contribution is -2.40. The maximum Gasteiger partial charge on any atom is 0.424 e. The van der Waals surface area contributed by atoms with E-state index in [9.17, 15) is 14.4 Å². The quantitative estimate of drug-likeness (QED) is 0.630. The number of ether oxygens (including phenoxy) is 1. The summed E-state index contributed by atoms with van der Waals surface area (Å²) >= 11 is 2.87. The molecule has 0 radical (unpaired) electrons. The largest absolute Gasteiger partial charge is 0.443 e. The highest BCUT2D eigenvalue weighted by Crippen LogP contribution is 2.20. The lowest BCUT2D eigenvalue weighted by molar-refractivity contribution is -0.135. The van der Waals surface area contributed by atoms with Crippen LogP contribution in [-0.4, -0.2) is 28.4 Å². The summed E-state index contributed by atoms with van der Waals surface area (Å²) in [5, 5.41) is 0. The van der Waals surface area contributed by atoms with Crippen molar-refractivity contribution >= 4 is 33.8 Å². The van der Waals surface area contributed by atoms with Crippen molar-refractivity contribution in [3.05, 3.63) is 10.6 Å². The highest BCUT2D eigenvalue weighted by atomic mass is 79.9. The van der Waals surface area contributed by atoms with Crippen LogP contribution in [0.2, 0.25) is 0 Å². The Balaban J connectivity index is 2.80. The van der Waals surface area contributed by atoms with Gasteiger partial charge in [-0.3, -0.25) is 9.59 Å². The number of rotatable bonds is 0. The fourth-order valence-electron chi connectivity index (χ4n) is 0.922. The van der Waals surface area contributed by atoms with E-state index >= 15 is 0 Å². The van der Waals surface area contributed by atoms with Crippen LogP contribution in [0.1, 0.15) is 20.8 Å². The van der Waals surface area contributed by atoms with Crippen LogP contribution < -0.4 is 0 Å². The molecule has 0 aliphatic carbocycles. The molecule has 0 saturated carbocycles. The van der Waals surface area contributed by atoms with Crippen molar-refractivity contribution in [2.45, 2.75) is 26.4 Å². The van der Waals surface area contributed by atoms with E-state index in [2.05, 4.69) is 15.9 Å². The molecular formula is C9H10BrNO4. The van der Waals surface area contributed by atoms with Crippen LogP contribution in [0.15, 0.2) is 10.6 Å². The highest BCUT2D eigenvalue weighted by Gasteiger charge is 2.37. The molecule has 0 fully saturated rings. The van der Waals surface area contributed by atoms with Crippen molar-refractivity contribution in [3.8, 4) is 0 Å². The molecule has 0 aromatic rings. The van der Waals surface area contributed by atoms with Crippen molar-refractivity contribution in [1.29, 1.82) is 0 Å². The van der Waals surface area contributed by atoms with Crippen LogP contribution >= 0.6 is 15.9 Å². The molecule has 1 aliphatic rings. The zero-order valence-corrected chi connectivity index (χ0v) is 10.1. The van der Waals surface area contributed by atoms with E-state index in [1.54, 1.807) is 20.8 Å². The van der Waals surface area contributed by atoms with E-state index in [4.69, 9.17) is 4.74 Å². The van der Waals surface area contributed by atoms with Gasteiger partial charge in [0.15, 0.2) is 0 Å². The first-order valence-corrected chi connectivity index (χ1v) is 5.00. The standard InChI is InChI=1S/C9H10BrNO4/c1-9(2,3)15-8(14)11-6(12)4-5(10)7(11)13/h4H,1-3H3. The number of amides is 3. The van der Waals surface area contributed by atoms with Gasteiger partial charge in [0.1, 0.15) is 5.60 Å². The Morgan fingerprint density at radius 1 is 1.40 bits per heavy atom. The lowest BCUT2D eigenvalue weighted by atomic mass is 10.2. The van der Waals surface area contributed by atoms with E-state index in [0.717, 1.165) is 6.08 Å². The van der Waals surface area contributed by atoms with Gasteiger partial charge in [0, 0.05) is 6.08 Å². The second-order valence-corrected chi connectivity index (χ2v) is 4.81. The molecule has 0 unspecified atom stereocenters. The van der Waals surface area contributed by atoms with Crippen LogP contribution in [0.4, 0.5) is 4.79 Å². The van der Waals surface area contributed by atoms with Gasteiger partial charge in [-0.15, -0.1) is 0 Å². The molecule has 0 N–H and O–H groups in total. The number of halogens is 1. The summed E-state index contributed by atoms with van der Waals surface area (Å²) < 4.78 is 4.96. The first kappa shape index (κ1) is 11.9. The summed E-state index contributed by atoms with van der Waals surface area (Å²) in [5.41, 5.74) is -0.743. The van der Waals surface area contributed by atoms with Gasteiger partial charge in [-0.05, 0) is 36.7 Å². The van der Waals surface area contributed by atoms with Gasteiger partial charge in [0.2, 0.25) is 0 Å². The Hall–Kier alpha value is -1.17. The van der Waals surface area contributed by atoms with Crippen LogP contribution in [0, 0.1) is 0 Å². The molecule has 0 saturated heterocycles. The molecule has 1 rings (SSSR count). The van der Waals surface area contributed by atoms with Crippen LogP contribution in [0.3, 0.4) is 0 Å². The summed E-state index contributed by atoms with van der Waals surface area (Å²) in [6.07, 6.45) is 0.0786. The molecule has 82 valence electrons. The van der Waals surface area contributed by atoms with Crippen LogP contribution in [-0.2, 0) is 14.3 Å². The monoisotopic (exact) mass is 275 g/mol. The third kappa shape index (κ3) is 2.65. The second kappa shape index (κ2) is 3.77. The lowest BCUT2D eigenvalue weighted by Gasteiger charge is -2.22. The van der Waals surface area contributed by atoms with Crippen LogP contribution in [0.25, 0.3) is 0 Å².